The van der Waals surface area contributed by atoms with Crippen molar-refractivity contribution in [2.24, 2.45) is 0 Å². The Bertz CT molecular complexity index is 1290. The van der Waals surface area contributed by atoms with Crippen molar-refractivity contribution in [3.63, 3.8) is 0 Å². The standard InChI is InChI=1S/C27H31N5O2S/c1-5-19-12-14-20(15-13-19)25(26(34)28-27(2,3)4)31(17-21-9-8-16-35-21)24(33)18-32-23-11-7-6-10-22(23)29-30-32/h6-16,25H,5,17-18H2,1-4H3,(H,28,34). The maximum atomic E-state index is 13.9. The molecular formula is C27H31N5O2S. The van der Waals surface area contributed by atoms with Crippen LogP contribution in [0.25, 0.3) is 11.0 Å². The van der Waals surface area contributed by atoms with E-state index >= 15 is 0 Å². The van der Waals surface area contributed by atoms with Gasteiger partial charge in [0.05, 0.1) is 12.1 Å². The van der Waals surface area contributed by atoms with Crippen molar-refractivity contribution < 1.29 is 9.59 Å². The van der Waals surface area contributed by atoms with Crippen LogP contribution in [0.3, 0.4) is 0 Å². The molecule has 0 spiro atoms. The van der Waals surface area contributed by atoms with Crippen molar-refractivity contribution in [3.05, 3.63) is 82.0 Å². The summed E-state index contributed by atoms with van der Waals surface area (Å²) in [6.45, 7) is 8.21. The van der Waals surface area contributed by atoms with E-state index in [1.54, 1.807) is 20.9 Å². The van der Waals surface area contributed by atoms with Crippen molar-refractivity contribution >= 4 is 34.2 Å². The average Bonchev–Trinajstić information content (AvgIpc) is 3.48. The predicted molar refractivity (Wildman–Crippen MR) is 139 cm³/mol. The van der Waals surface area contributed by atoms with Crippen molar-refractivity contribution in [2.45, 2.75) is 58.8 Å². The molecule has 0 aliphatic carbocycles. The van der Waals surface area contributed by atoms with E-state index in [0.717, 1.165) is 27.9 Å². The number of nitrogens with one attached hydrogen (secondary N) is 1. The Morgan fingerprint density at radius 2 is 1.80 bits per heavy atom. The number of hydrogen-bond donors (Lipinski definition) is 1. The monoisotopic (exact) mass is 489 g/mol. The molecule has 4 aromatic rings. The molecule has 2 amide bonds. The van der Waals surface area contributed by atoms with Gasteiger partial charge in [-0.3, -0.25) is 9.59 Å². The topological polar surface area (TPSA) is 80.1 Å². The second-order valence-corrected chi connectivity index (χ2v) is 10.6. The van der Waals surface area contributed by atoms with Gasteiger partial charge in [0.2, 0.25) is 11.8 Å². The Hall–Kier alpha value is -3.52. The van der Waals surface area contributed by atoms with Gasteiger partial charge in [0.1, 0.15) is 18.1 Å². The third-order valence-electron chi connectivity index (χ3n) is 5.69. The van der Waals surface area contributed by atoms with E-state index in [2.05, 4.69) is 22.6 Å². The van der Waals surface area contributed by atoms with Gasteiger partial charge in [0, 0.05) is 10.4 Å². The van der Waals surface area contributed by atoms with Crippen LogP contribution in [0.2, 0.25) is 0 Å². The summed E-state index contributed by atoms with van der Waals surface area (Å²) in [5, 5.41) is 13.4. The molecule has 35 heavy (non-hydrogen) atoms. The number of carbonyl (C=O) groups is 2. The summed E-state index contributed by atoms with van der Waals surface area (Å²) >= 11 is 1.56. The number of nitrogens with zero attached hydrogens (tertiary/aromatic N) is 4. The lowest BCUT2D eigenvalue weighted by Gasteiger charge is -2.33. The highest BCUT2D eigenvalue weighted by Gasteiger charge is 2.34. The number of para-hydroxylation sites is 1. The van der Waals surface area contributed by atoms with Crippen LogP contribution < -0.4 is 5.32 Å². The fourth-order valence-electron chi connectivity index (χ4n) is 3.99. The highest BCUT2D eigenvalue weighted by atomic mass is 32.1. The number of rotatable bonds is 8. The lowest BCUT2D eigenvalue weighted by molar-refractivity contribution is -0.142. The lowest BCUT2D eigenvalue weighted by Crippen LogP contribution is -2.49. The summed E-state index contributed by atoms with van der Waals surface area (Å²) in [6.07, 6.45) is 0.899. The molecule has 1 N–H and O–H groups in total. The fourth-order valence-corrected chi connectivity index (χ4v) is 4.70. The maximum Gasteiger partial charge on any atom is 0.247 e. The first-order valence-corrected chi connectivity index (χ1v) is 12.6. The van der Waals surface area contributed by atoms with Crippen LogP contribution in [0, 0.1) is 0 Å². The van der Waals surface area contributed by atoms with Crippen LogP contribution in [0.4, 0.5) is 0 Å². The van der Waals surface area contributed by atoms with Crippen molar-refractivity contribution in [1.29, 1.82) is 0 Å². The van der Waals surface area contributed by atoms with Crippen LogP contribution in [-0.2, 0) is 29.1 Å². The van der Waals surface area contributed by atoms with Crippen LogP contribution in [0.5, 0.6) is 0 Å². The van der Waals surface area contributed by atoms with E-state index in [-0.39, 0.29) is 18.4 Å². The van der Waals surface area contributed by atoms with Gasteiger partial charge in [-0.1, -0.05) is 54.6 Å². The molecule has 182 valence electrons. The molecule has 0 saturated carbocycles. The zero-order valence-electron chi connectivity index (χ0n) is 20.6. The number of benzene rings is 2. The van der Waals surface area contributed by atoms with E-state index in [9.17, 15) is 9.59 Å². The van der Waals surface area contributed by atoms with E-state index < -0.39 is 11.6 Å². The first-order valence-electron chi connectivity index (χ1n) is 11.8. The van der Waals surface area contributed by atoms with Gasteiger partial charge in [-0.15, -0.1) is 16.4 Å². The van der Waals surface area contributed by atoms with Gasteiger partial charge in [0.15, 0.2) is 0 Å². The SMILES string of the molecule is CCc1ccc(C(C(=O)NC(C)(C)C)N(Cc2cccs2)C(=O)Cn2nnc3ccccc32)cc1. The van der Waals surface area contributed by atoms with Crippen molar-refractivity contribution in [2.75, 3.05) is 0 Å². The van der Waals surface area contributed by atoms with Gasteiger partial charge in [-0.25, -0.2) is 4.68 Å². The predicted octanol–water partition coefficient (Wildman–Crippen LogP) is 4.74. The summed E-state index contributed by atoms with van der Waals surface area (Å²) in [4.78, 5) is 30.2. The summed E-state index contributed by atoms with van der Waals surface area (Å²) in [6, 6.07) is 18.6. The summed E-state index contributed by atoms with van der Waals surface area (Å²) < 4.78 is 1.60. The van der Waals surface area contributed by atoms with E-state index in [4.69, 9.17) is 0 Å². The van der Waals surface area contributed by atoms with Gasteiger partial charge in [-0.05, 0) is 61.9 Å². The third-order valence-corrected chi connectivity index (χ3v) is 6.55. The number of aromatic nitrogens is 3. The average molecular weight is 490 g/mol. The minimum absolute atomic E-state index is 0.0156. The quantitative estimate of drug-likeness (QED) is 0.388. The molecule has 0 aliphatic heterocycles. The fraction of sp³-hybridized carbons (Fsp3) is 0.333. The molecule has 2 aromatic carbocycles. The first-order chi connectivity index (χ1) is 16.7. The zero-order chi connectivity index (χ0) is 25.0. The highest BCUT2D eigenvalue weighted by Crippen LogP contribution is 2.27. The lowest BCUT2D eigenvalue weighted by atomic mass is 9.99. The molecule has 0 aliphatic rings. The molecule has 1 unspecified atom stereocenters. The molecule has 4 rings (SSSR count). The van der Waals surface area contributed by atoms with Crippen LogP contribution in [0.15, 0.2) is 66.0 Å². The van der Waals surface area contributed by atoms with Gasteiger partial charge < -0.3 is 10.2 Å². The minimum Gasteiger partial charge on any atom is -0.349 e. The number of carbonyl (C=O) groups excluding carboxylic acids is 2. The van der Waals surface area contributed by atoms with Crippen molar-refractivity contribution in [3.8, 4) is 0 Å². The third kappa shape index (κ3) is 5.95. The minimum atomic E-state index is -0.787. The van der Waals surface area contributed by atoms with Gasteiger partial charge in [0.25, 0.3) is 0 Å². The van der Waals surface area contributed by atoms with Crippen LogP contribution in [0.1, 0.15) is 49.7 Å². The highest BCUT2D eigenvalue weighted by molar-refractivity contribution is 7.09. The molecule has 0 saturated heterocycles. The smallest absolute Gasteiger partial charge is 0.247 e. The Balaban J connectivity index is 1.74. The molecule has 2 aromatic heterocycles. The number of amides is 2. The molecule has 1 atom stereocenters. The largest absolute Gasteiger partial charge is 0.349 e. The summed E-state index contributed by atoms with van der Waals surface area (Å²) in [5.41, 5.74) is 3.01. The second-order valence-electron chi connectivity index (χ2n) is 9.57. The molecule has 7 nitrogen and oxygen atoms in total. The Morgan fingerprint density at radius 3 is 2.46 bits per heavy atom. The Labute approximate surface area is 209 Å². The summed E-state index contributed by atoms with van der Waals surface area (Å²) in [5.74, 6) is -0.419. The molecular weight excluding hydrogens is 458 g/mol. The van der Waals surface area contributed by atoms with Gasteiger partial charge in [-0.2, -0.15) is 0 Å². The maximum absolute atomic E-state index is 13.9. The number of hydrogen-bond acceptors (Lipinski definition) is 5. The second kappa shape index (κ2) is 10.4. The van der Waals surface area contributed by atoms with E-state index in [1.165, 1.54) is 5.56 Å². The van der Waals surface area contributed by atoms with E-state index in [1.807, 2.05) is 86.8 Å². The molecule has 8 heteroatoms. The van der Waals surface area contributed by atoms with Crippen LogP contribution >= 0.6 is 11.3 Å². The Kier molecular flexibility index (Phi) is 7.31. The summed E-state index contributed by atoms with van der Waals surface area (Å²) in [7, 11) is 0. The van der Waals surface area contributed by atoms with E-state index in [0.29, 0.717) is 6.54 Å². The molecule has 0 bridgehead atoms. The molecule has 2 heterocycles. The molecule has 0 fully saturated rings. The number of fused-ring (bicyclic) bond motifs is 1. The normalized spacial score (nSPS) is 12.5. The number of thiophene rings is 1. The zero-order valence-corrected chi connectivity index (χ0v) is 21.4. The number of aryl methyl sites for hydroxylation is 1. The Morgan fingerprint density at radius 1 is 1.06 bits per heavy atom. The van der Waals surface area contributed by atoms with Gasteiger partial charge >= 0.3 is 0 Å². The van der Waals surface area contributed by atoms with Crippen molar-refractivity contribution in [1.82, 2.24) is 25.2 Å². The molecule has 0 radical (unpaired) electrons. The first kappa shape index (κ1) is 24.6. The van der Waals surface area contributed by atoms with Crippen LogP contribution in [-0.4, -0.2) is 37.2 Å².